The van der Waals surface area contributed by atoms with E-state index in [9.17, 15) is 15.0 Å². The minimum absolute atomic E-state index is 0. The van der Waals surface area contributed by atoms with Gasteiger partial charge in [-0.25, -0.2) is 4.79 Å². The van der Waals surface area contributed by atoms with Crippen molar-refractivity contribution in [2.24, 2.45) is 0 Å². The second-order valence-corrected chi connectivity index (χ2v) is 7.35. The van der Waals surface area contributed by atoms with E-state index in [-0.39, 0.29) is 11.5 Å². The van der Waals surface area contributed by atoms with Crippen LogP contribution >= 0.6 is 0 Å². The van der Waals surface area contributed by atoms with Crippen molar-refractivity contribution in [2.45, 2.75) is 26.4 Å². The predicted octanol–water partition coefficient (Wildman–Crippen LogP) is 5.25. The van der Waals surface area contributed by atoms with E-state index in [4.69, 9.17) is 9.47 Å². The Morgan fingerprint density at radius 3 is 2.00 bits per heavy atom. The molecule has 0 saturated heterocycles. The number of phenolic OH excluding ortho intramolecular Hbond substituents is 2. The van der Waals surface area contributed by atoms with Crippen LogP contribution in [0.15, 0.2) is 71.8 Å². The van der Waals surface area contributed by atoms with E-state index in [0.717, 1.165) is 5.92 Å². The topological polar surface area (TPSA) is 76.0 Å². The summed E-state index contributed by atoms with van der Waals surface area (Å²) in [4.78, 5) is 12.8. The Hall–Kier alpha value is -4.60. The SMILES string of the molecule is C[C-]1C=CC2=C(C=C1)C1(OC2=O)c2ccc(O)cc2Oc2cc(O)ccc21.C[CH-]C.[Rf]. The summed E-state index contributed by atoms with van der Waals surface area (Å²) in [7, 11) is 0. The van der Waals surface area contributed by atoms with Gasteiger partial charge in [-0.1, -0.05) is 6.92 Å². The van der Waals surface area contributed by atoms with Crippen molar-refractivity contribution in [3.8, 4) is 23.0 Å². The molecule has 2 aromatic carbocycles. The fraction of sp³-hybridized carbons (Fsp3) is 0.160. The Labute approximate surface area is 175 Å². The van der Waals surface area contributed by atoms with Crippen LogP contribution in [-0.2, 0) is 15.1 Å². The normalized spacial score (nSPS) is 16.7. The maximum atomic E-state index is 12.8. The van der Waals surface area contributed by atoms with Gasteiger partial charge >= 0.3 is 5.97 Å². The molecule has 2 N–H and O–H groups in total. The van der Waals surface area contributed by atoms with Crippen LogP contribution in [0.25, 0.3) is 0 Å². The first-order chi connectivity index (χ1) is 14.4. The third kappa shape index (κ3) is 3.15. The van der Waals surface area contributed by atoms with Crippen molar-refractivity contribution in [3.63, 3.8) is 0 Å². The molecule has 6 heteroatoms. The number of ether oxygens (including phenoxy) is 2. The van der Waals surface area contributed by atoms with Crippen LogP contribution in [0.5, 0.6) is 23.0 Å². The van der Waals surface area contributed by atoms with Crippen LogP contribution < -0.4 is 4.74 Å². The summed E-state index contributed by atoms with van der Waals surface area (Å²) in [6.45, 7) is 5.95. The van der Waals surface area contributed by atoms with Crippen LogP contribution in [0.3, 0.4) is 0 Å². The van der Waals surface area contributed by atoms with Crippen LogP contribution in [0.1, 0.15) is 31.9 Å². The number of carbonyl (C=O) groups excluding carboxylic acids is 1. The maximum Gasteiger partial charge on any atom is 0.326 e. The minimum Gasteiger partial charge on any atom is -0.508 e. The fourth-order valence-corrected chi connectivity index (χ4v) is 3.83. The molecule has 3 aliphatic rings. The van der Waals surface area contributed by atoms with Crippen molar-refractivity contribution < 1.29 is 24.5 Å². The Bertz CT molecular complexity index is 1060. The summed E-state index contributed by atoms with van der Waals surface area (Å²) in [6, 6.07) is 9.42. The number of allylic oxidation sites excluding steroid dienone is 2. The van der Waals surface area contributed by atoms with Gasteiger partial charge in [-0.05, 0) is 29.8 Å². The van der Waals surface area contributed by atoms with Crippen molar-refractivity contribution in [1.82, 2.24) is 0 Å². The molecular weight excluding hydrogens is 647 g/mol. The molecule has 0 fully saturated rings. The zero-order valence-electron chi connectivity index (χ0n) is 17.7. The molecule has 1 aliphatic carbocycles. The van der Waals surface area contributed by atoms with Gasteiger partial charge in [0.15, 0.2) is 5.60 Å². The number of hydrogen-bond donors (Lipinski definition) is 2. The van der Waals surface area contributed by atoms with E-state index in [2.05, 4.69) is 0 Å². The Morgan fingerprint density at radius 2 is 1.45 bits per heavy atom. The second-order valence-electron chi connectivity index (χ2n) is 7.35. The molecule has 0 atom stereocenters. The summed E-state index contributed by atoms with van der Waals surface area (Å²) >= 11 is 0. The fourth-order valence-electron chi connectivity index (χ4n) is 3.83. The minimum atomic E-state index is -1.21. The molecule has 5 rings (SSSR count). The van der Waals surface area contributed by atoms with Gasteiger partial charge in [-0.3, -0.25) is 0 Å². The van der Waals surface area contributed by atoms with Gasteiger partial charge in [0.1, 0.15) is 23.0 Å². The van der Waals surface area contributed by atoms with E-state index in [1.165, 1.54) is 24.3 Å². The predicted molar refractivity (Wildman–Crippen MR) is 113 cm³/mol. The molecule has 2 heterocycles. The molecule has 0 radical (unpaired) electrons. The Morgan fingerprint density at radius 1 is 0.935 bits per heavy atom. The summed E-state index contributed by atoms with van der Waals surface area (Å²) in [5.74, 6) is 1.39. The maximum absolute atomic E-state index is 12.8. The first-order valence-electron chi connectivity index (χ1n) is 9.67. The molecule has 0 saturated carbocycles. The van der Waals surface area contributed by atoms with E-state index < -0.39 is 11.6 Å². The van der Waals surface area contributed by atoms with E-state index in [0.29, 0.717) is 33.8 Å². The van der Waals surface area contributed by atoms with Crippen molar-refractivity contribution in [1.29, 1.82) is 0 Å². The molecule has 31 heavy (non-hydrogen) atoms. The summed E-state index contributed by atoms with van der Waals surface area (Å²) in [5.41, 5.74) is 1.21. The third-order valence-electron chi connectivity index (χ3n) is 5.07. The molecule has 2 aromatic rings. The standard InChI is InChI=1S/C22H15O5.C3H7.Rf/c1-12-2-6-15-16(7-3-12)22(27-21(15)25)17-8-4-13(23)10-19(17)26-20-11-14(24)5-9-18(20)22;1-3-2;/h2-11,23-24H,1H3;3H,1-2H3;/q2*-1;. The van der Waals surface area contributed by atoms with Gasteiger partial charge in [0.05, 0.1) is 0 Å². The first-order valence-corrected chi connectivity index (χ1v) is 9.67. The molecule has 1 spiro atoms. The number of esters is 1. The molecule has 0 bridgehead atoms. The van der Waals surface area contributed by atoms with E-state index in [1.54, 1.807) is 18.2 Å². The molecule has 2 aliphatic heterocycles. The number of hydrogen-bond acceptors (Lipinski definition) is 5. The molecule has 0 unspecified atom stereocenters. The number of rotatable bonds is 0. The molecule has 0 amide bonds. The molecule has 156 valence electrons. The van der Waals surface area contributed by atoms with Crippen LogP contribution in [-0.4, -0.2) is 16.2 Å². The monoisotopic (exact) mass is 669 g/mol. The molecule has 5 nitrogen and oxygen atoms in total. The van der Waals surface area contributed by atoms with Gasteiger partial charge < -0.3 is 26.1 Å². The molecular formula is C25H22O5Rf-2. The largest absolute Gasteiger partial charge is 0.508 e. The molecule has 0 aromatic heterocycles. The van der Waals surface area contributed by atoms with E-state index >= 15 is 0 Å². The number of benzene rings is 2. The van der Waals surface area contributed by atoms with Gasteiger partial charge in [0, 0.05) is 28.8 Å². The van der Waals surface area contributed by atoms with E-state index in [1.807, 2.05) is 45.4 Å². The van der Waals surface area contributed by atoms with Gasteiger partial charge in [-0.2, -0.15) is 38.0 Å². The first kappa shape index (κ1) is 21.1. The van der Waals surface area contributed by atoms with Crippen LogP contribution in [0.2, 0.25) is 0 Å². The number of fused-ring (bicyclic) bond motifs is 5. The van der Waals surface area contributed by atoms with Crippen molar-refractivity contribution in [3.05, 3.63) is 95.3 Å². The summed E-state index contributed by atoms with van der Waals surface area (Å²) in [6.07, 6.45) is 9.44. The quantitative estimate of drug-likeness (QED) is 0.296. The second kappa shape index (κ2) is 7.67. The van der Waals surface area contributed by atoms with Gasteiger partial charge in [0.2, 0.25) is 0 Å². The van der Waals surface area contributed by atoms with Crippen LogP contribution in [0, 0.1) is 12.3 Å². The Balaban J connectivity index is 0.000000645. The van der Waals surface area contributed by atoms with Gasteiger partial charge in [-0.15, -0.1) is 6.08 Å². The number of phenols is 2. The zero-order valence-corrected chi connectivity index (χ0v) is 24.1. The van der Waals surface area contributed by atoms with Crippen molar-refractivity contribution in [2.75, 3.05) is 0 Å². The van der Waals surface area contributed by atoms with Crippen molar-refractivity contribution >= 4 is 5.97 Å². The summed E-state index contributed by atoms with van der Waals surface area (Å²) < 4.78 is 11.9. The number of aromatic hydroxyl groups is 2. The zero-order chi connectivity index (χ0) is 21.5. The van der Waals surface area contributed by atoms with Crippen LogP contribution in [0.4, 0.5) is 0 Å². The average molecular weight is 669 g/mol. The van der Waals surface area contributed by atoms with Gasteiger partial charge in [0.25, 0.3) is 0 Å². The number of carbonyl (C=O) groups is 1. The summed E-state index contributed by atoms with van der Waals surface area (Å²) in [5, 5.41) is 19.8. The Kier molecular flexibility index (Phi) is 5.23. The third-order valence-corrected chi connectivity index (χ3v) is 5.07. The average Bonchev–Trinajstić information content (AvgIpc) is 2.82. The smallest absolute Gasteiger partial charge is 0.326 e.